The van der Waals surface area contributed by atoms with Crippen molar-refractivity contribution >= 4 is 50.3 Å². The first-order valence-electron chi connectivity index (χ1n) is 16.8. The Balaban J connectivity index is 1.24. The molecule has 2 aromatic rings. The summed E-state index contributed by atoms with van der Waals surface area (Å²) in [5.41, 5.74) is 1.77. The van der Waals surface area contributed by atoms with E-state index in [2.05, 4.69) is 15.1 Å². The van der Waals surface area contributed by atoms with Gasteiger partial charge in [-0.05, 0) is 68.7 Å². The molecule has 1 aromatic carbocycles. The maximum atomic E-state index is 12.4. The lowest BCUT2D eigenvalue weighted by Crippen LogP contribution is -2.35. The number of hydrogen-bond donors (Lipinski definition) is 0. The highest BCUT2D eigenvalue weighted by atomic mass is 32.1. The number of ether oxygens (including phenoxy) is 6. The molecule has 0 N–H and O–H groups in total. The molecule has 1 aromatic heterocycles. The average molecular weight is 738 g/mol. The summed E-state index contributed by atoms with van der Waals surface area (Å²) in [7, 11) is 1.33. The predicted octanol–water partition coefficient (Wildman–Crippen LogP) is 6.01. The Hall–Kier alpha value is -4.10. The highest BCUT2D eigenvalue weighted by molar-refractivity contribution is 7.19. The minimum atomic E-state index is -0.681. The van der Waals surface area contributed by atoms with Crippen molar-refractivity contribution in [3.05, 3.63) is 49.6 Å². The first-order valence-corrected chi connectivity index (χ1v) is 17.7. The zero-order valence-electron chi connectivity index (χ0n) is 29.5. The van der Waals surface area contributed by atoms with Crippen LogP contribution in [0.5, 0.6) is 0 Å². The quantitative estimate of drug-likeness (QED) is 0.0422. The van der Waals surface area contributed by atoms with Crippen LogP contribution >= 0.6 is 11.3 Å². The van der Waals surface area contributed by atoms with Gasteiger partial charge in [0.25, 0.3) is 0 Å². The van der Waals surface area contributed by atoms with Gasteiger partial charge in [0.05, 0.1) is 87.3 Å². The summed E-state index contributed by atoms with van der Waals surface area (Å²) in [5, 5.41) is 30.3. The van der Waals surface area contributed by atoms with Crippen LogP contribution in [0.25, 0.3) is 0 Å². The minimum absolute atomic E-state index is 0.0431. The van der Waals surface area contributed by atoms with E-state index >= 15 is 0 Å². The third-order valence-corrected chi connectivity index (χ3v) is 9.38. The van der Waals surface area contributed by atoms with E-state index in [-0.39, 0.29) is 40.7 Å². The molecule has 1 saturated carbocycles. The second kappa shape index (κ2) is 22.0. The van der Waals surface area contributed by atoms with Crippen LogP contribution < -0.4 is 4.90 Å². The van der Waals surface area contributed by atoms with Gasteiger partial charge < -0.3 is 33.3 Å². The standard InChI is InChI=1S/C33H47N5O12S/c1-5-36(25-10-11-28(23(2)22-25)34-35-30-29(37(41)42)24(3)31(51-30)38(43)44)12-13-46-14-15-47-16-17-48-18-19-49-20-21-50-33(40)27-9-7-6-8-26(27)32(39)45-4/h10-11,22,26-27H,5-9,12-21H2,1-4H3. The zero-order chi connectivity index (χ0) is 37.2. The van der Waals surface area contributed by atoms with Gasteiger partial charge in [0.15, 0.2) is 0 Å². The number of benzene rings is 1. The molecule has 2 atom stereocenters. The Morgan fingerprint density at radius 2 is 1.41 bits per heavy atom. The summed E-state index contributed by atoms with van der Waals surface area (Å²) in [4.78, 5) is 47.8. The van der Waals surface area contributed by atoms with Gasteiger partial charge in [-0.25, -0.2) is 0 Å². The molecule has 18 heteroatoms. The lowest BCUT2D eigenvalue weighted by molar-refractivity contribution is -0.390. The highest BCUT2D eigenvalue weighted by Gasteiger charge is 2.37. The van der Waals surface area contributed by atoms with Gasteiger partial charge in [0.1, 0.15) is 12.2 Å². The van der Waals surface area contributed by atoms with E-state index in [1.54, 1.807) is 6.07 Å². The van der Waals surface area contributed by atoms with Crippen LogP contribution in [0.1, 0.15) is 43.7 Å². The number of aryl methyl sites for hydroxylation is 1. The fourth-order valence-electron chi connectivity index (χ4n) is 5.54. The van der Waals surface area contributed by atoms with Crippen molar-refractivity contribution in [2.24, 2.45) is 22.1 Å². The molecular weight excluding hydrogens is 690 g/mol. The largest absolute Gasteiger partial charge is 0.469 e. The Labute approximate surface area is 300 Å². The van der Waals surface area contributed by atoms with Crippen LogP contribution in [-0.2, 0) is 38.0 Å². The number of nitrogens with zero attached hydrogens (tertiary/aromatic N) is 5. The van der Waals surface area contributed by atoms with Gasteiger partial charge in [-0.3, -0.25) is 29.8 Å². The van der Waals surface area contributed by atoms with E-state index < -0.39 is 27.4 Å². The molecule has 1 aliphatic rings. The van der Waals surface area contributed by atoms with E-state index in [1.807, 2.05) is 26.0 Å². The average Bonchev–Trinajstić information content (AvgIpc) is 3.46. The van der Waals surface area contributed by atoms with E-state index in [1.165, 1.54) is 14.0 Å². The van der Waals surface area contributed by atoms with E-state index in [0.717, 1.165) is 30.6 Å². The molecule has 0 bridgehead atoms. The van der Waals surface area contributed by atoms with Gasteiger partial charge in [0.2, 0.25) is 5.00 Å². The van der Waals surface area contributed by atoms with Crippen LogP contribution in [0.4, 0.5) is 27.1 Å². The van der Waals surface area contributed by atoms with Crippen molar-refractivity contribution in [2.45, 2.75) is 46.5 Å². The lowest BCUT2D eigenvalue weighted by Gasteiger charge is -2.27. The Bertz CT molecular complexity index is 1490. The van der Waals surface area contributed by atoms with Crippen molar-refractivity contribution < 1.29 is 47.9 Å². The molecule has 0 saturated heterocycles. The van der Waals surface area contributed by atoms with Crippen LogP contribution in [0.2, 0.25) is 0 Å². The second-order valence-corrected chi connectivity index (χ2v) is 12.6. The Kier molecular flexibility index (Phi) is 17.8. The van der Waals surface area contributed by atoms with Crippen molar-refractivity contribution in [1.82, 2.24) is 0 Å². The molecule has 17 nitrogen and oxygen atoms in total. The van der Waals surface area contributed by atoms with Gasteiger partial charge in [-0.15, -0.1) is 10.2 Å². The maximum Gasteiger partial charge on any atom is 0.336 e. The topological polar surface area (TPSA) is 204 Å². The smallest absolute Gasteiger partial charge is 0.336 e. The van der Waals surface area contributed by atoms with E-state index in [0.29, 0.717) is 82.7 Å². The number of rotatable bonds is 23. The molecule has 0 amide bonds. The molecule has 3 rings (SSSR count). The van der Waals surface area contributed by atoms with Crippen molar-refractivity contribution in [3.8, 4) is 0 Å². The number of esters is 2. The predicted molar refractivity (Wildman–Crippen MR) is 187 cm³/mol. The normalized spacial score (nSPS) is 15.9. The molecule has 282 valence electrons. The van der Waals surface area contributed by atoms with Crippen LogP contribution in [0, 0.1) is 45.9 Å². The van der Waals surface area contributed by atoms with Crippen molar-refractivity contribution in [2.75, 3.05) is 84.6 Å². The van der Waals surface area contributed by atoms with E-state index in [4.69, 9.17) is 28.4 Å². The van der Waals surface area contributed by atoms with E-state index in [9.17, 15) is 29.8 Å². The first kappa shape index (κ1) is 41.3. The SMILES string of the molecule is CCN(CCOCCOCCOCCOCCOC(=O)C1CCCCC1C(=O)OC)c1ccc(N=Nc2sc([N+](=O)[O-])c(C)c2[N+](=O)[O-])c(C)c1. The number of thiophene rings is 1. The van der Waals surface area contributed by atoms with Gasteiger partial charge in [-0.1, -0.05) is 12.8 Å². The maximum absolute atomic E-state index is 12.4. The molecule has 1 aliphatic carbocycles. The highest BCUT2D eigenvalue weighted by Crippen LogP contribution is 2.46. The van der Waals surface area contributed by atoms with Gasteiger partial charge in [0, 0.05) is 18.8 Å². The van der Waals surface area contributed by atoms with Crippen LogP contribution in [0.15, 0.2) is 28.4 Å². The molecule has 0 aliphatic heterocycles. The number of methoxy groups -OCH3 is 1. The summed E-state index contributed by atoms with van der Waals surface area (Å²) < 4.78 is 32.4. The van der Waals surface area contributed by atoms with Gasteiger partial charge >= 0.3 is 22.6 Å². The number of nitro groups is 2. The number of carbonyl (C=O) groups excluding carboxylic acids is 2. The first-order chi connectivity index (χ1) is 24.6. The third-order valence-electron chi connectivity index (χ3n) is 8.26. The molecule has 1 heterocycles. The number of anilines is 1. The lowest BCUT2D eigenvalue weighted by atomic mass is 9.79. The van der Waals surface area contributed by atoms with Crippen LogP contribution in [-0.4, -0.2) is 101 Å². The minimum Gasteiger partial charge on any atom is -0.469 e. The zero-order valence-corrected chi connectivity index (χ0v) is 30.4. The third kappa shape index (κ3) is 12.9. The monoisotopic (exact) mass is 737 g/mol. The van der Waals surface area contributed by atoms with Crippen molar-refractivity contribution in [1.29, 1.82) is 0 Å². The number of hydrogen-bond acceptors (Lipinski definition) is 16. The number of azo groups is 1. The summed E-state index contributed by atoms with van der Waals surface area (Å²) in [6, 6.07) is 5.54. The molecule has 2 unspecified atom stereocenters. The molecule has 0 spiro atoms. The molecule has 51 heavy (non-hydrogen) atoms. The fourth-order valence-corrected chi connectivity index (χ4v) is 6.46. The summed E-state index contributed by atoms with van der Waals surface area (Å²) in [5.74, 6) is -1.62. The van der Waals surface area contributed by atoms with Crippen LogP contribution in [0.3, 0.4) is 0 Å². The number of carbonyl (C=O) groups is 2. The Morgan fingerprint density at radius 3 is 1.94 bits per heavy atom. The van der Waals surface area contributed by atoms with Crippen molar-refractivity contribution in [3.63, 3.8) is 0 Å². The summed E-state index contributed by atoms with van der Waals surface area (Å²) in [6.45, 7) is 9.77. The van der Waals surface area contributed by atoms with Gasteiger partial charge in [-0.2, -0.15) is 0 Å². The Morgan fingerprint density at radius 1 is 0.843 bits per heavy atom. The second-order valence-electron chi connectivity index (χ2n) is 11.6. The molecule has 0 radical (unpaired) electrons. The summed E-state index contributed by atoms with van der Waals surface area (Å²) >= 11 is 0.624. The molecule has 1 fully saturated rings. The molecular formula is C33H47N5O12S. The number of likely N-dealkylation sites (N-methyl/N-ethyl adjacent to an activating group) is 1. The fraction of sp³-hybridized carbons (Fsp3) is 0.636. The summed E-state index contributed by atoms with van der Waals surface area (Å²) in [6.07, 6.45) is 3.06.